The van der Waals surface area contributed by atoms with Crippen LogP contribution in [0.3, 0.4) is 0 Å². The number of aromatic nitrogens is 2. The largest absolute Gasteiger partial charge is 0.336 e. The molecule has 3 rings (SSSR count). The van der Waals surface area contributed by atoms with E-state index in [0.717, 1.165) is 43.6 Å². The normalized spacial score (nSPS) is 16.4. The molecule has 1 saturated heterocycles. The van der Waals surface area contributed by atoms with Crippen LogP contribution < -0.4 is 10.6 Å². The first-order valence-corrected chi connectivity index (χ1v) is 6.97. The van der Waals surface area contributed by atoms with Crippen molar-refractivity contribution in [2.24, 2.45) is 0 Å². The van der Waals surface area contributed by atoms with E-state index in [-0.39, 0.29) is 6.03 Å². The molecule has 6 heteroatoms. The second kappa shape index (κ2) is 6.02. The van der Waals surface area contributed by atoms with Gasteiger partial charge in [0.1, 0.15) is 0 Å². The zero-order valence-corrected chi connectivity index (χ0v) is 11.4. The fourth-order valence-electron chi connectivity index (χ4n) is 2.50. The summed E-state index contributed by atoms with van der Waals surface area (Å²) >= 11 is 0. The zero-order chi connectivity index (χ0) is 13.8. The quantitative estimate of drug-likeness (QED) is 0.855. The Morgan fingerprint density at radius 3 is 3.05 bits per heavy atom. The van der Waals surface area contributed by atoms with Crippen molar-refractivity contribution in [3.8, 4) is 0 Å². The fraction of sp³-hybridized carbons (Fsp3) is 0.429. The Balaban J connectivity index is 1.56. The van der Waals surface area contributed by atoms with Crippen LogP contribution in [0.25, 0.3) is 10.9 Å². The van der Waals surface area contributed by atoms with Gasteiger partial charge in [-0.2, -0.15) is 0 Å². The Morgan fingerprint density at radius 1 is 1.35 bits per heavy atom. The molecule has 1 aliphatic rings. The van der Waals surface area contributed by atoms with Gasteiger partial charge in [0.15, 0.2) is 0 Å². The lowest BCUT2D eigenvalue weighted by Gasteiger charge is -2.27. The molecule has 0 bridgehead atoms. The van der Waals surface area contributed by atoms with Crippen LogP contribution in [0.15, 0.2) is 30.7 Å². The molecule has 1 aliphatic heterocycles. The average molecular weight is 273 g/mol. The molecule has 1 fully saturated rings. The summed E-state index contributed by atoms with van der Waals surface area (Å²) in [6.07, 6.45) is 5.25. The maximum Gasteiger partial charge on any atom is 0.326 e. The molecule has 0 radical (unpaired) electrons. The van der Waals surface area contributed by atoms with Crippen molar-refractivity contribution in [3.05, 3.63) is 30.7 Å². The van der Waals surface area contributed by atoms with Crippen molar-refractivity contribution in [3.63, 3.8) is 0 Å². The number of piperazine rings is 1. The minimum absolute atomic E-state index is 0.0821. The number of pyridine rings is 1. The van der Waals surface area contributed by atoms with Gasteiger partial charge in [-0.25, -0.2) is 4.79 Å². The standard InChI is InChI=1S/C14H19N5O/c20-14(17-6-10-18-8-4-15-5-9-18)19-7-2-12-11-16-3-1-13(12)19/h1-3,7,11,15H,4-6,8-10H2,(H,17,20). The molecule has 0 saturated carbocycles. The molecule has 2 aromatic heterocycles. The van der Waals surface area contributed by atoms with Crippen LogP contribution in [-0.4, -0.2) is 59.8 Å². The molecule has 6 nitrogen and oxygen atoms in total. The highest BCUT2D eigenvalue weighted by Crippen LogP contribution is 2.12. The van der Waals surface area contributed by atoms with Crippen molar-refractivity contribution < 1.29 is 4.79 Å². The molecule has 0 aliphatic carbocycles. The third-order valence-corrected chi connectivity index (χ3v) is 3.62. The molecular weight excluding hydrogens is 254 g/mol. The number of rotatable bonds is 3. The van der Waals surface area contributed by atoms with Crippen LogP contribution in [-0.2, 0) is 0 Å². The molecule has 3 heterocycles. The minimum atomic E-state index is -0.0821. The fourth-order valence-corrected chi connectivity index (χ4v) is 2.50. The summed E-state index contributed by atoms with van der Waals surface area (Å²) in [7, 11) is 0. The number of amides is 1. The molecule has 0 spiro atoms. The van der Waals surface area contributed by atoms with Crippen molar-refractivity contribution in [2.75, 3.05) is 39.3 Å². The molecule has 1 amide bonds. The highest BCUT2D eigenvalue weighted by molar-refractivity contribution is 5.91. The summed E-state index contributed by atoms with van der Waals surface area (Å²) < 4.78 is 1.63. The molecule has 106 valence electrons. The van der Waals surface area contributed by atoms with Crippen molar-refractivity contribution in [1.82, 2.24) is 25.1 Å². The van der Waals surface area contributed by atoms with Gasteiger partial charge in [0.2, 0.25) is 0 Å². The summed E-state index contributed by atoms with van der Waals surface area (Å²) in [5.74, 6) is 0. The summed E-state index contributed by atoms with van der Waals surface area (Å²) in [6, 6.07) is 3.67. The zero-order valence-electron chi connectivity index (χ0n) is 11.4. The summed E-state index contributed by atoms with van der Waals surface area (Å²) in [5.41, 5.74) is 0.889. The number of nitrogens with zero attached hydrogens (tertiary/aromatic N) is 3. The predicted octanol–water partition coefficient (Wildman–Crippen LogP) is 0.499. The number of hydrogen-bond donors (Lipinski definition) is 2. The van der Waals surface area contributed by atoms with E-state index in [1.54, 1.807) is 23.2 Å². The summed E-state index contributed by atoms with van der Waals surface area (Å²) in [6.45, 7) is 5.73. The van der Waals surface area contributed by atoms with E-state index in [9.17, 15) is 4.79 Å². The van der Waals surface area contributed by atoms with Gasteiger partial charge in [0.05, 0.1) is 5.52 Å². The van der Waals surface area contributed by atoms with E-state index in [1.807, 2.05) is 12.1 Å². The van der Waals surface area contributed by atoms with Crippen molar-refractivity contribution in [2.45, 2.75) is 0 Å². The molecule has 20 heavy (non-hydrogen) atoms. The lowest BCUT2D eigenvalue weighted by Crippen LogP contribution is -2.46. The van der Waals surface area contributed by atoms with Crippen molar-refractivity contribution >= 4 is 16.9 Å². The van der Waals surface area contributed by atoms with Gasteiger partial charge in [0.25, 0.3) is 0 Å². The number of fused-ring (bicyclic) bond motifs is 1. The van der Waals surface area contributed by atoms with Gasteiger partial charge in [-0.3, -0.25) is 14.5 Å². The molecule has 0 atom stereocenters. The predicted molar refractivity (Wildman–Crippen MR) is 77.8 cm³/mol. The monoisotopic (exact) mass is 273 g/mol. The van der Waals surface area contributed by atoms with E-state index in [1.165, 1.54) is 0 Å². The Hall–Kier alpha value is -1.92. The average Bonchev–Trinajstić information content (AvgIpc) is 2.92. The lowest BCUT2D eigenvalue weighted by atomic mass is 10.3. The maximum atomic E-state index is 12.2. The van der Waals surface area contributed by atoms with E-state index >= 15 is 0 Å². The van der Waals surface area contributed by atoms with E-state index in [4.69, 9.17) is 0 Å². The van der Waals surface area contributed by atoms with Gasteiger partial charge < -0.3 is 10.6 Å². The molecule has 2 N–H and O–H groups in total. The third-order valence-electron chi connectivity index (χ3n) is 3.62. The van der Waals surface area contributed by atoms with Crippen LogP contribution in [0, 0.1) is 0 Å². The van der Waals surface area contributed by atoms with E-state index < -0.39 is 0 Å². The van der Waals surface area contributed by atoms with Crippen LogP contribution >= 0.6 is 0 Å². The minimum Gasteiger partial charge on any atom is -0.336 e. The second-order valence-electron chi connectivity index (χ2n) is 4.94. The van der Waals surface area contributed by atoms with E-state index in [2.05, 4.69) is 20.5 Å². The Labute approximate surface area is 117 Å². The van der Waals surface area contributed by atoms with Crippen LogP contribution in [0.2, 0.25) is 0 Å². The summed E-state index contributed by atoms with van der Waals surface area (Å²) in [5, 5.41) is 7.26. The van der Waals surface area contributed by atoms with Gasteiger partial charge in [-0.15, -0.1) is 0 Å². The molecule has 0 unspecified atom stereocenters. The van der Waals surface area contributed by atoms with Crippen LogP contribution in [0.5, 0.6) is 0 Å². The van der Waals surface area contributed by atoms with E-state index in [0.29, 0.717) is 6.54 Å². The SMILES string of the molecule is O=C(NCCN1CCNCC1)n1ccc2cnccc21. The highest BCUT2D eigenvalue weighted by atomic mass is 16.2. The van der Waals surface area contributed by atoms with Crippen LogP contribution in [0.1, 0.15) is 0 Å². The highest BCUT2D eigenvalue weighted by Gasteiger charge is 2.11. The lowest BCUT2D eigenvalue weighted by molar-refractivity contribution is 0.228. The first-order chi connectivity index (χ1) is 9.84. The number of carbonyl (C=O) groups excluding carboxylic acids is 1. The smallest absolute Gasteiger partial charge is 0.326 e. The molecule has 2 aromatic rings. The Kier molecular flexibility index (Phi) is 3.94. The van der Waals surface area contributed by atoms with Gasteiger partial charge in [-0.05, 0) is 12.1 Å². The first kappa shape index (κ1) is 13.1. The Morgan fingerprint density at radius 2 is 2.20 bits per heavy atom. The molecular formula is C14H19N5O. The van der Waals surface area contributed by atoms with Gasteiger partial charge in [-0.1, -0.05) is 0 Å². The topological polar surface area (TPSA) is 62.2 Å². The second-order valence-corrected chi connectivity index (χ2v) is 4.94. The number of hydrogen-bond acceptors (Lipinski definition) is 4. The van der Waals surface area contributed by atoms with Gasteiger partial charge >= 0.3 is 6.03 Å². The van der Waals surface area contributed by atoms with Crippen LogP contribution in [0.4, 0.5) is 4.79 Å². The molecule has 0 aromatic carbocycles. The van der Waals surface area contributed by atoms with Gasteiger partial charge in [0, 0.05) is 63.2 Å². The first-order valence-electron chi connectivity index (χ1n) is 6.97. The number of nitrogens with one attached hydrogen (secondary N) is 2. The number of carbonyl (C=O) groups is 1. The Bertz CT molecular complexity index is 588. The third kappa shape index (κ3) is 2.81. The maximum absolute atomic E-state index is 12.2. The van der Waals surface area contributed by atoms with Crippen molar-refractivity contribution in [1.29, 1.82) is 0 Å². The summed E-state index contributed by atoms with van der Waals surface area (Å²) in [4.78, 5) is 18.6.